The van der Waals surface area contributed by atoms with Crippen molar-refractivity contribution in [3.8, 4) is 0 Å². The zero-order chi connectivity index (χ0) is 14.6. The largest absolute Gasteiger partial charge is 0.380 e. The van der Waals surface area contributed by atoms with E-state index >= 15 is 0 Å². The van der Waals surface area contributed by atoms with E-state index in [0.29, 0.717) is 13.1 Å². The van der Waals surface area contributed by atoms with Crippen LogP contribution >= 0.6 is 0 Å². The standard InChI is InChI=1S/C11H19N3O4S/c1-4-14-7-9(19(12,16)17)5-10(14)11(15)13-6-8(2)18-3/h5,7-8H,4,6H2,1-3H3,(H,13,15)(H2,12,16,17). The summed E-state index contributed by atoms with van der Waals surface area (Å²) in [5, 5.41) is 7.71. The fourth-order valence-corrected chi connectivity index (χ4v) is 2.05. The Hall–Kier alpha value is -1.38. The van der Waals surface area contributed by atoms with E-state index in [0.717, 1.165) is 0 Å². The lowest BCUT2D eigenvalue weighted by molar-refractivity contribution is 0.0862. The Kier molecular flexibility index (Phi) is 5.10. The molecular formula is C11H19N3O4S. The third-order valence-electron chi connectivity index (χ3n) is 2.73. The molecular weight excluding hydrogens is 270 g/mol. The Morgan fingerprint density at radius 1 is 1.58 bits per heavy atom. The first kappa shape index (κ1) is 15.7. The Labute approximate surface area is 112 Å². The molecule has 1 rings (SSSR count). The Morgan fingerprint density at radius 3 is 2.68 bits per heavy atom. The lowest BCUT2D eigenvalue weighted by Gasteiger charge is -2.11. The molecule has 1 aromatic rings. The van der Waals surface area contributed by atoms with Gasteiger partial charge in [0.1, 0.15) is 10.6 Å². The lowest BCUT2D eigenvalue weighted by atomic mass is 10.3. The van der Waals surface area contributed by atoms with Gasteiger partial charge in [0.05, 0.1) is 6.10 Å². The number of aryl methyl sites for hydroxylation is 1. The van der Waals surface area contributed by atoms with E-state index in [2.05, 4.69) is 5.32 Å². The van der Waals surface area contributed by atoms with Crippen LogP contribution in [0.2, 0.25) is 0 Å². The third kappa shape index (κ3) is 4.05. The fourth-order valence-electron chi connectivity index (χ4n) is 1.50. The van der Waals surface area contributed by atoms with Gasteiger partial charge < -0.3 is 14.6 Å². The first-order valence-electron chi connectivity index (χ1n) is 5.83. The second kappa shape index (κ2) is 6.18. The zero-order valence-electron chi connectivity index (χ0n) is 11.2. The van der Waals surface area contributed by atoms with Gasteiger partial charge in [-0.25, -0.2) is 13.6 Å². The molecule has 1 unspecified atom stereocenters. The SMILES string of the molecule is CCn1cc(S(N)(=O)=O)cc1C(=O)NCC(C)OC. The predicted octanol–water partition coefficient (Wildman–Crippen LogP) is -0.0799. The fraction of sp³-hybridized carbons (Fsp3) is 0.545. The van der Waals surface area contributed by atoms with Crippen molar-refractivity contribution in [3.05, 3.63) is 18.0 Å². The molecule has 19 heavy (non-hydrogen) atoms. The first-order chi connectivity index (χ1) is 8.79. The van der Waals surface area contributed by atoms with Gasteiger partial charge in [-0.3, -0.25) is 4.79 Å². The van der Waals surface area contributed by atoms with Gasteiger partial charge >= 0.3 is 0 Å². The molecule has 0 aliphatic rings. The van der Waals surface area contributed by atoms with Gasteiger partial charge in [0.2, 0.25) is 10.0 Å². The van der Waals surface area contributed by atoms with Crippen molar-refractivity contribution in [1.82, 2.24) is 9.88 Å². The summed E-state index contributed by atoms with van der Waals surface area (Å²) in [5.74, 6) is -0.361. The number of amides is 1. The highest BCUT2D eigenvalue weighted by molar-refractivity contribution is 7.89. The van der Waals surface area contributed by atoms with Gasteiger partial charge in [0.15, 0.2) is 0 Å². The van der Waals surface area contributed by atoms with E-state index in [9.17, 15) is 13.2 Å². The molecule has 0 saturated carbocycles. The molecule has 1 atom stereocenters. The highest BCUT2D eigenvalue weighted by Gasteiger charge is 2.18. The highest BCUT2D eigenvalue weighted by Crippen LogP contribution is 2.13. The van der Waals surface area contributed by atoms with E-state index in [4.69, 9.17) is 9.88 Å². The van der Waals surface area contributed by atoms with Crippen molar-refractivity contribution < 1.29 is 17.9 Å². The number of nitrogens with one attached hydrogen (secondary N) is 1. The molecule has 3 N–H and O–H groups in total. The van der Waals surface area contributed by atoms with Crippen LogP contribution in [0.1, 0.15) is 24.3 Å². The summed E-state index contributed by atoms with van der Waals surface area (Å²) >= 11 is 0. The summed E-state index contributed by atoms with van der Waals surface area (Å²) in [5.41, 5.74) is 0.259. The second-order valence-corrected chi connectivity index (χ2v) is 5.71. The maximum atomic E-state index is 12.0. The van der Waals surface area contributed by atoms with Gasteiger partial charge in [0.25, 0.3) is 5.91 Å². The summed E-state index contributed by atoms with van der Waals surface area (Å²) < 4.78 is 29.1. The average Bonchev–Trinajstić information content (AvgIpc) is 2.79. The summed E-state index contributed by atoms with van der Waals surface area (Å²) in [6.07, 6.45) is 1.23. The van der Waals surface area contributed by atoms with E-state index in [-0.39, 0.29) is 22.6 Å². The van der Waals surface area contributed by atoms with Crippen LogP contribution in [0.5, 0.6) is 0 Å². The normalized spacial score (nSPS) is 13.3. The third-order valence-corrected chi connectivity index (χ3v) is 3.61. The van der Waals surface area contributed by atoms with Crippen molar-refractivity contribution in [1.29, 1.82) is 0 Å². The number of methoxy groups -OCH3 is 1. The first-order valence-corrected chi connectivity index (χ1v) is 7.38. The van der Waals surface area contributed by atoms with E-state index < -0.39 is 10.0 Å². The molecule has 1 amide bonds. The molecule has 108 valence electrons. The smallest absolute Gasteiger partial charge is 0.268 e. The molecule has 0 saturated heterocycles. The number of nitrogens with two attached hydrogens (primary N) is 1. The zero-order valence-corrected chi connectivity index (χ0v) is 12.0. The Bertz CT molecular complexity index is 550. The van der Waals surface area contributed by atoms with Crippen LogP contribution in [-0.4, -0.2) is 38.7 Å². The van der Waals surface area contributed by atoms with Gasteiger partial charge in [-0.05, 0) is 19.9 Å². The number of hydrogen-bond acceptors (Lipinski definition) is 4. The minimum Gasteiger partial charge on any atom is -0.380 e. The number of carbonyl (C=O) groups excluding carboxylic acids is 1. The topological polar surface area (TPSA) is 103 Å². The summed E-state index contributed by atoms with van der Waals surface area (Å²) in [7, 11) is -2.26. The molecule has 0 aliphatic carbocycles. The van der Waals surface area contributed by atoms with Crippen LogP contribution in [-0.2, 0) is 21.3 Å². The van der Waals surface area contributed by atoms with Gasteiger partial charge in [-0.15, -0.1) is 0 Å². The molecule has 0 spiro atoms. The number of sulfonamides is 1. The highest BCUT2D eigenvalue weighted by atomic mass is 32.2. The van der Waals surface area contributed by atoms with Crippen molar-refractivity contribution in [2.75, 3.05) is 13.7 Å². The molecule has 0 fully saturated rings. The molecule has 1 heterocycles. The predicted molar refractivity (Wildman–Crippen MR) is 70.3 cm³/mol. The molecule has 8 heteroatoms. The molecule has 0 radical (unpaired) electrons. The maximum Gasteiger partial charge on any atom is 0.268 e. The molecule has 1 aromatic heterocycles. The summed E-state index contributed by atoms with van der Waals surface area (Å²) in [6.45, 7) is 4.43. The van der Waals surface area contributed by atoms with E-state index in [1.165, 1.54) is 16.8 Å². The number of ether oxygens (including phenoxy) is 1. The molecule has 0 aliphatic heterocycles. The van der Waals surface area contributed by atoms with Crippen molar-refractivity contribution in [2.24, 2.45) is 5.14 Å². The van der Waals surface area contributed by atoms with Crippen LogP contribution in [0.25, 0.3) is 0 Å². The van der Waals surface area contributed by atoms with Gasteiger partial charge in [-0.1, -0.05) is 0 Å². The summed E-state index contributed by atoms with van der Waals surface area (Å²) in [6, 6.07) is 1.27. The van der Waals surface area contributed by atoms with Crippen LogP contribution in [0.15, 0.2) is 17.2 Å². The van der Waals surface area contributed by atoms with Crippen LogP contribution in [0.3, 0.4) is 0 Å². The van der Waals surface area contributed by atoms with Gasteiger partial charge in [-0.2, -0.15) is 0 Å². The monoisotopic (exact) mass is 289 g/mol. The minimum absolute atomic E-state index is 0.0701. The molecule has 0 bridgehead atoms. The number of aromatic nitrogens is 1. The number of hydrogen-bond donors (Lipinski definition) is 2. The van der Waals surface area contributed by atoms with Crippen LogP contribution in [0.4, 0.5) is 0 Å². The summed E-state index contributed by atoms with van der Waals surface area (Å²) in [4.78, 5) is 11.9. The molecule has 0 aromatic carbocycles. The lowest BCUT2D eigenvalue weighted by Crippen LogP contribution is -2.32. The number of nitrogens with zero attached hydrogens (tertiary/aromatic N) is 1. The number of primary sulfonamides is 1. The minimum atomic E-state index is -3.81. The number of carbonyl (C=O) groups is 1. The van der Waals surface area contributed by atoms with Crippen LogP contribution in [0, 0.1) is 0 Å². The Balaban J connectivity index is 2.93. The molecule has 7 nitrogen and oxygen atoms in total. The van der Waals surface area contributed by atoms with E-state index in [1.54, 1.807) is 7.11 Å². The average molecular weight is 289 g/mol. The van der Waals surface area contributed by atoms with E-state index in [1.807, 2.05) is 13.8 Å². The van der Waals surface area contributed by atoms with Crippen LogP contribution < -0.4 is 10.5 Å². The maximum absolute atomic E-state index is 12.0. The quantitative estimate of drug-likeness (QED) is 0.764. The van der Waals surface area contributed by atoms with Crippen molar-refractivity contribution in [2.45, 2.75) is 31.4 Å². The van der Waals surface area contributed by atoms with Crippen molar-refractivity contribution >= 4 is 15.9 Å². The van der Waals surface area contributed by atoms with Crippen molar-refractivity contribution in [3.63, 3.8) is 0 Å². The number of rotatable bonds is 6. The van der Waals surface area contributed by atoms with Gasteiger partial charge in [0, 0.05) is 26.4 Å². The Morgan fingerprint density at radius 2 is 2.21 bits per heavy atom. The second-order valence-electron chi connectivity index (χ2n) is 4.15.